The van der Waals surface area contributed by atoms with E-state index >= 15 is 0 Å². The fourth-order valence-corrected chi connectivity index (χ4v) is 2.15. The van der Waals surface area contributed by atoms with Crippen molar-refractivity contribution in [1.29, 1.82) is 5.26 Å². The minimum absolute atomic E-state index is 0.411. The van der Waals surface area contributed by atoms with Gasteiger partial charge in [0, 0.05) is 11.1 Å². The smallest absolute Gasteiger partial charge is 0.161 e. The van der Waals surface area contributed by atoms with E-state index in [0.717, 1.165) is 11.1 Å². The molecule has 0 radical (unpaired) electrons. The minimum Gasteiger partial charge on any atom is -0.490 e. The molecule has 0 spiro atoms. The predicted octanol–water partition coefficient (Wildman–Crippen LogP) is 4.85. The van der Waals surface area contributed by atoms with Gasteiger partial charge in [-0.25, -0.2) is 0 Å². The summed E-state index contributed by atoms with van der Waals surface area (Å²) in [6, 6.07) is 15.1. The second-order valence-corrected chi connectivity index (χ2v) is 4.96. The van der Waals surface area contributed by atoms with Crippen LogP contribution in [0.5, 0.6) is 11.5 Å². The van der Waals surface area contributed by atoms with Gasteiger partial charge in [-0.1, -0.05) is 29.8 Å². The van der Waals surface area contributed by atoms with Gasteiger partial charge in [0.05, 0.1) is 12.7 Å². The maximum absolute atomic E-state index is 8.58. The third-order valence-electron chi connectivity index (χ3n) is 2.90. The van der Waals surface area contributed by atoms with Gasteiger partial charge in [-0.2, -0.15) is 5.26 Å². The molecule has 0 fully saturated rings. The fraction of sp³-hybridized carbons (Fsp3) is 0.167. The fourth-order valence-electron chi connectivity index (χ4n) is 1.94. The molecule has 2 rings (SSSR count). The SMILES string of the molecule is CCOc1cc(/C=C/C#N)ccc1OCc1cccc(Cl)c1. The van der Waals surface area contributed by atoms with Crippen molar-refractivity contribution >= 4 is 17.7 Å². The quantitative estimate of drug-likeness (QED) is 0.716. The molecule has 2 aromatic carbocycles. The molecule has 0 heterocycles. The van der Waals surface area contributed by atoms with Crippen molar-refractivity contribution in [3.63, 3.8) is 0 Å². The monoisotopic (exact) mass is 313 g/mol. The molecule has 2 aromatic rings. The van der Waals surface area contributed by atoms with Gasteiger partial charge in [0.25, 0.3) is 0 Å². The minimum atomic E-state index is 0.411. The van der Waals surface area contributed by atoms with Crippen LogP contribution >= 0.6 is 11.6 Å². The standard InChI is InChI=1S/C18H16ClNO2/c1-2-21-18-12-14(6-4-10-20)8-9-17(18)22-13-15-5-3-7-16(19)11-15/h3-9,11-12H,2,13H2,1H3/b6-4+. The Balaban J connectivity index is 2.15. The van der Waals surface area contributed by atoms with Crippen LogP contribution in [-0.4, -0.2) is 6.61 Å². The molecule has 0 aliphatic heterocycles. The van der Waals surface area contributed by atoms with Crippen molar-refractivity contribution in [2.75, 3.05) is 6.61 Å². The summed E-state index contributed by atoms with van der Waals surface area (Å²) in [5, 5.41) is 9.27. The summed E-state index contributed by atoms with van der Waals surface area (Å²) >= 11 is 5.96. The number of rotatable bonds is 6. The molecule has 4 heteroatoms. The maximum Gasteiger partial charge on any atom is 0.161 e. The van der Waals surface area contributed by atoms with E-state index in [4.69, 9.17) is 26.3 Å². The van der Waals surface area contributed by atoms with Gasteiger partial charge in [-0.05, 0) is 48.4 Å². The Kier molecular flexibility index (Phi) is 5.88. The van der Waals surface area contributed by atoms with E-state index in [1.54, 1.807) is 6.08 Å². The number of nitrogens with zero attached hydrogens (tertiary/aromatic N) is 1. The summed E-state index contributed by atoms with van der Waals surface area (Å²) < 4.78 is 11.4. The van der Waals surface area contributed by atoms with E-state index in [-0.39, 0.29) is 0 Å². The average molecular weight is 314 g/mol. The molecule has 0 amide bonds. The zero-order valence-corrected chi connectivity index (χ0v) is 13.0. The molecular formula is C18H16ClNO2. The van der Waals surface area contributed by atoms with Crippen molar-refractivity contribution < 1.29 is 9.47 Å². The Bertz CT molecular complexity index is 704. The number of benzene rings is 2. The Morgan fingerprint density at radius 1 is 1.14 bits per heavy atom. The summed E-state index contributed by atoms with van der Waals surface area (Å²) in [6.45, 7) is 2.87. The first kappa shape index (κ1) is 15.9. The highest BCUT2D eigenvalue weighted by molar-refractivity contribution is 6.30. The summed E-state index contributed by atoms with van der Waals surface area (Å²) in [5.41, 5.74) is 1.88. The Morgan fingerprint density at radius 2 is 2.00 bits per heavy atom. The molecule has 0 unspecified atom stereocenters. The highest BCUT2D eigenvalue weighted by atomic mass is 35.5. The number of nitriles is 1. The zero-order chi connectivity index (χ0) is 15.8. The van der Waals surface area contributed by atoms with Gasteiger partial charge < -0.3 is 9.47 Å². The normalized spacial score (nSPS) is 10.4. The Morgan fingerprint density at radius 3 is 2.73 bits per heavy atom. The number of ether oxygens (including phenoxy) is 2. The van der Waals surface area contributed by atoms with Gasteiger partial charge in [0.2, 0.25) is 0 Å². The third kappa shape index (κ3) is 4.54. The number of hydrogen-bond donors (Lipinski definition) is 0. The van der Waals surface area contributed by atoms with Crippen LogP contribution in [0.25, 0.3) is 6.08 Å². The van der Waals surface area contributed by atoms with Crippen molar-refractivity contribution in [3.05, 3.63) is 64.7 Å². The summed E-state index contributed by atoms with van der Waals surface area (Å²) in [6.07, 6.45) is 3.15. The lowest BCUT2D eigenvalue weighted by molar-refractivity contribution is 0.269. The summed E-state index contributed by atoms with van der Waals surface area (Å²) in [5.74, 6) is 1.32. The molecule has 0 bridgehead atoms. The van der Waals surface area contributed by atoms with E-state index in [9.17, 15) is 0 Å². The van der Waals surface area contributed by atoms with Gasteiger partial charge in [-0.3, -0.25) is 0 Å². The number of hydrogen-bond acceptors (Lipinski definition) is 3. The molecule has 0 N–H and O–H groups in total. The van der Waals surface area contributed by atoms with E-state index in [1.807, 2.05) is 55.5 Å². The molecule has 112 valence electrons. The van der Waals surface area contributed by atoms with E-state index in [1.165, 1.54) is 6.08 Å². The molecule has 0 saturated heterocycles. The van der Waals surface area contributed by atoms with Crippen molar-refractivity contribution in [2.45, 2.75) is 13.5 Å². The lowest BCUT2D eigenvalue weighted by atomic mass is 10.2. The lowest BCUT2D eigenvalue weighted by Gasteiger charge is -2.12. The van der Waals surface area contributed by atoms with Gasteiger partial charge >= 0.3 is 0 Å². The first-order chi connectivity index (χ1) is 10.7. The van der Waals surface area contributed by atoms with Gasteiger partial charge in [-0.15, -0.1) is 0 Å². The predicted molar refractivity (Wildman–Crippen MR) is 88.0 cm³/mol. The first-order valence-corrected chi connectivity index (χ1v) is 7.31. The summed E-state index contributed by atoms with van der Waals surface area (Å²) in [4.78, 5) is 0. The zero-order valence-electron chi connectivity index (χ0n) is 12.3. The van der Waals surface area contributed by atoms with Gasteiger partial charge in [0.1, 0.15) is 6.61 Å². The molecule has 0 aliphatic carbocycles. The Labute approximate surface area is 135 Å². The van der Waals surface area contributed by atoms with E-state index in [0.29, 0.717) is 29.7 Å². The highest BCUT2D eigenvalue weighted by Gasteiger charge is 2.06. The molecule has 0 atom stereocenters. The van der Waals surface area contributed by atoms with Crippen LogP contribution in [0.3, 0.4) is 0 Å². The molecule has 3 nitrogen and oxygen atoms in total. The summed E-state index contributed by atoms with van der Waals surface area (Å²) in [7, 11) is 0. The van der Waals surface area contributed by atoms with Crippen LogP contribution < -0.4 is 9.47 Å². The second-order valence-electron chi connectivity index (χ2n) is 4.52. The molecule has 22 heavy (non-hydrogen) atoms. The topological polar surface area (TPSA) is 42.2 Å². The largest absolute Gasteiger partial charge is 0.490 e. The first-order valence-electron chi connectivity index (χ1n) is 6.93. The number of halogens is 1. The Hall–Kier alpha value is -2.44. The maximum atomic E-state index is 8.58. The van der Waals surface area contributed by atoms with Crippen LogP contribution in [0, 0.1) is 11.3 Å². The van der Waals surface area contributed by atoms with Crippen molar-refractivity contribution in [3.8, 4) is 17.6 Å². The van der Waals surface area contributed by atoms with E-state index in [2.05, 4.69) is 0 Å². The van der Waals surface area contributed by atoms with Crippen LogP contribution in [0.4, 0.5) is 0 Å². The number of allylic oxidation sites excluding steroid dienone is 1. The van der Waals surface area contributed by atoms with Crippen molar-refractivity contribution in [2.24, 2.45) is 0 Å². The highest BCUT2D eigenvalue weighted by Crippen LogP contribution is 2.30. The van der Waals surface area contributed by atoms with E-state index < -0.39 is 0 Å². The van der Waals surface area contributed by atoms with Crippen molar-refractivity contribution in [1.82, 2.24) is 0 Å². The van der Waals surface area contributed by atoms with Crippen LogP contribution in [0.2, 0.25) is 5.02 Å². The lowest BCUT2D eigenvalue weighted by Crippen LogP contribution is -2.00. The van der Waals surface area contributed by atoms with Crippen LogP contribution in [0.1, 0.15) is 18.1 Å². The second kappa shape index (κ2) is 8.11. The molecule has 0 aliphatic rings. The van der Waals surface area contributed by atoms with Gasteiger partial charge in [0.15, 0.2) is 11.5 Å². The van der Waals surface area contributed by atoms with Crippen LogP contribution in [0.15, 0.2) is 48.5 Å². The average Bonchev–Trinajstić information content (AvgIpc) is 2.52. The third-order valence-corrected chi connectivity index (χ3v) is 3.14. The van der Waals surface area contributed by atoms with Crippen LogP contribution in [-0.2, 0) is 6.61 Å². The molecule has 0 aromatic heterocycles. The molecular weight excluding hydrogens is 298 g/mol. The molecule has 0 saturated carbocycles.